The maximum atomic E-state index is 6.20. The monoisotopic (exact) mass is 226 g/mol. The quantitative estimate of drug-likeness (QED) is 0.709. The second-order valence-corrected chi connectivity index (χ2v) is 5.35. The highest BCUT2D eigenvalue weighted by atomic mass is 35.5. The van der Waals surface area contributed by atoms with Crippen LogP contribution in [0.5, 0.6) is 0 Å². The Morgan fingerprint density at radius 2 is 2.33 bits per heavy atom. The van der Waals surface area contributed by atoms with E-state index < -0.39 is 0 Å². The Kier molecular flexibility index (Phi) is 3.35. The molecule has 0 aliphatic heterocycles. The first-order valence-electron chi connectivity index (χ1n) is 5.78. The van der Waals surface area contributed by atoms with Crippen LogP contribution in [-0.2, 0) is 13.5 Å². The van der Waals surface area contributed by atoms with Gasteiger partial charge in [0.15, 0.2) is 0 Å². The lowest BCUT2D eigenvalue weighted by Gasteiger charge is -2.25. The summed E-state index contributed by atoms with van der Waals surface area (Å²) in [4.78, 5) is 0. The minimum Gasteiger partial charge on any atom is -0.272 e. The summed E-state index contributed by atoms with van der Waals surface area (Å²) in [7, 11) is 2.03. The molecule has 1 saturated carbocycles. The van der Waals surface area contributed by atoms with Gasteiger partial charge in [0, 0.05) is 18.1 Å². The second kappa shape index (κ2) is 4.56. The van der Waals surface area contributed by atoms with Crippen molar-refractivity contribution in [2.24, 2.45) is 13.0 Å². The van der Waals surface area contributed by atoms with Crippen LogP contribution in [0.4, 0.5) is 0 Å². The van der Waals surface area contributed by atoms with Gasteiger partial charge in [-0.3, -0.25) is 4.68 Å². The minimum atomic E-state index is 0.401. The molecular weight excluding hydrogens is 208 g/mol. The van der Waals surface area contributed by atoms with E-state index >= 15 is 0 Å². The van der Waals surface area contributed by atoms with E-state index in [0.717, 1.165) is 18.0 Å². The van der Waals surface area contributed by atoms with Crippen molar-refractivity contribution in [1.29, 1.82) is 0 Å². The number of aryl methyl sites for hydroxylation is 2. The third-order valence-electron chi connectivity index (χ3n) is 3.32. The Labute approximate surface area is 96.6 Å². The van der Waals surface area contributed by atoms with Gasteiger partial charge in [0.2, 0.25) is 0 Å². The van der Waals surface area contributed by atoms with Crippen LogP contribution in [0.2, 0.25) is 0 Å². The Hall–Kier alpha value is -0.500. The zero-order valence-electron chi connectivity index (χ0n) is 9.54. The average molecular weight is 227 g/mol. The van der Waals surface area contributed by atoms with Gasteiger partial charge in [-0.15, -0.1) is 11.6 Å². The Balaban J connectivity index is 1.99. The maximum absolute atomic E-state index is 6.20. The number of rotatable bonds is 2. The van der Waals surface area contributed by atoms with Gasteiger partial charge in [0.25, 0.3) is 0 Å². The maximum Gasteiger partial charge on any atom is 0.0596 e. The molecule has 3 heteroatoms. The second-order valence-electron chi connectivity index (χ2n) is 4.73. The number of hydrogen-bond acceptors (Lipinski definition) is 1. The van der Waals surface area contributed by atoms with E-state index in [-0.39, 0.29) is 0 Å². The molecule has 2 atom stereocenters. The summed E-state index contributed by atoms with van der Waals surface area (Å²) in [5.41, 5.74) is 2.47. The third kappa shape index (κ3) is 2.75. The van der Waals surface area contributed by atoms with Crippen molar-refractivity contribution in [3.8, 4) is 0 Å². The van der Waals surface area contributed by atoms with E-state index in [0.29, 0.717) is 5.38 Å². The molecule has 84 valence electrons. The molecule has 1 fully saturated rings. The molecule has 2 unspecified atom stereocenters. The van der Waals surface area contributed by atoms with Gasteiger partial charge in [0.05, 0.1) is 5.69 Å². The Bertz CT molecular complexity index is 332. The van der Waals surface area contributed by atoms with Crippen molar-refractivity contribution in [2.45, 2.75) is 44.4 Å². The molecule has 0 radical (unpaired) electrons. The summed E-state index contributed by atoms with van der Waals surface area (Å²) in [6, 6.07) is 2.19. The molecule has 1 heterocycles. The summed E-state index contributed by atoms with van der Waals surface area (Å²) in [5.74, 6) is 0.760. The van der Waals surface area contributed by atoms with Crippen LogP contribution in [0.1, 0.15) is 37.1 Å². The summed E-state index contributed by atoms with van der Waals surface area (Å²) in [5, 5.41) is 4.78. The summed E-state index contributed by atoms with van der Waals surface area (Å²) < 4.78 is 2.01. The summed E-state index contributed by atoms with van der Waals surface area (Å²) in [6.45, 7) is 2.05. The molecular formula is C12H19ClN2. The molecule has 0 amide bonds. The van der Waals surface area contributed by atoms with Gasteiger partial charge >= 0.3 is 0 Å². The van der Waals surface area contributed by atoms with Crippen molar-refractivity contribution >= 4 is 11.6 Å². The fraction of sp³-hybridized carbons (Fsp3) is 0.750. The fourth-order valence-corrected chi connectivity index (χ4v) is 2.97. The Morgan fingerprint density at radius 3 is 2.93 bits per heavy atom. The molecule has 1 aliphatic rings. The topological polar surface area (TPSA) is 17.8 Å². The molecule has 0 aromatic carbocycles. The lowest BCUT2D eigenvalue weighted by molar-refractivity contribution is 0.355. The molecule has 2 rings (SSSR count). The number of nitrogens with zero attached hydrogens (tertiary/aromatic N) is 2. The van der Waals surface area contributed by atoms with E-state index in [1.54, 1.807) is 0 Å². The van der Waals surface area contributed by atoms with Gasteiger partial charge in [0.1, 0.15) is 0 Å². The van der Waals surface area contributed by atoms with Crippen molar-refractivity contribution in [1.82, 2.24) is 9.78 Å². The zero-order chi connectivity index (χ0) is 10.8. The van der Waals surface area contributed by atoms with Crippen molar-refractivity contribution in [3.05, 3.63) is 17.5 Å². The molecule has 0 spiro atoms. The van der Waals surface area contributed by atoms with Gasteiger partial charge < -0.3 is 0 Å². The molecule has 0 saturated heterocycles. The highest BCUT2D eigenvalue weighted by Crippen LogP contribution is 2.30. The van der Waals surface area contributed by atoms with Crippen molar-refractivity contribution in [3.63, 3.8) is 0 Å². The van der Waals surface area contributed by atoms with Gasteiger partial charge in [-0.05, 0) is 44.6 Å². The predicted molar refractivity (Wildman–Crippen MR) is 63.2 cm³/mol. The van der Waals surface area contributed by atoms with Crippen LogP contribution in [0.15, 0.2) is 6.07 Å². The van der Waals surface area contributed by atoms with E-state index in [1.807, 2.05) is 11.7 Å². The standard InChI is InChI=1S/C12H19ClN2/c1-9-6-12(15(2)14-9)8-10-4-3-5-11(13)7-10/h6,10-11H,3-5,7-8H2,1-2H3. The summed E-state index contributed by atoms with van der Waals surface area (Å²) in [6.07, 6.45) is 6.12. The lowest BCUT2D eigenvalue weighted by atomic mass is 9.86. The first-order valence-corrected chi connectivity index (χ1v) is 6.22. The van der Waals surface area contributed by atoms with Gasteiger partial charge in [-0.25, -0.2) is 0 Å². The SMILES string of the molecule is Cc1cc(CC2CCCC(Cl)C2)n(C)n1. The molecule has 1 aromatic rings. The van der Waals surface area contributed by atoms with Crippen LogP contribution in [0, 0.1) is 12.8 Å². The number of alkyl halides is 1. The molecule has 15 heavy (non-hydrogen) atoms. The molecule has 0 N–H and O–H groups in total. The van der Waals surface area contributed by atoms with Crippen LogP contribution in [0.25, 0.3) is 0 Å². The van der Waals surface area contributed by atoms with Gasteiger partial charge in [-0.2, -0.15) is 5.10 Å². The smallest absolute Gasteiger partial charge is 0.0596 e. The zero-order valence-corrected chi connectivity index (χ0v) is 10.3. The normalized spacial score (nSPS) is 26.9. The number of aromatic nitrogens is 2. The van der Waals surface area contributed by atoms with E-state index in [2.05, 4.69) is 18.1 Å². The minimum absolute atomic E-state index is 0.401. The first kappa shape index (κ1) is 11.0. The first-order chi connectivity index (χ1) is 7.15. The molecule has 1 aliphatic carbocycles. The summed E-state index contributed by atoms with van der Waals surface area (Å²) >= 11 is 6.20. The lowest BCUT2D eigenvalue weighted by Crippen LogP contribution is -2.18. The number of hydrogen-bond donors (Lipinski definition) is 0. The predicted octanol–water partition coefficient (Wildman–Crippen LogP) is 3.07. The molecule has 1 aromatic heterocycles. The van der Waals surface area contributed by atoms with E-state index in [9.17, 15) is 0 Å². The van der Waals surface area contributed by atoms with E-state index in [1.165, 1.54) is 31.4 Å². The van der Waals surface area contributed by atoms with Crippen molar-refractivity contribution < 1.29 is 0 Å². The van der Waals surface area contributed by atoms with Crippen molar-refractivity contribution in [2.75, 3.05) is 0 Å². The van der Waals surface area contributed by atoms with Crippen LogP contribution in [-0.4, -0.2) is 15.2 Å². The van der Waals surface area contributed by atoms with Crippen LogP contribution >= 0.6 is 11.6 Å². The average Bonchev–Trinajstić information content (AvgIpc) is 2.45. The van der Waals surface area contributed by atoms with Gasteiger partial charge in [-0.1, -0.05) is 6.42 Å². The van der Waals surface area contributed by atoms with E-state index in [4.69, 9.17) is 11.6 Å². The number of halogens is 1. The molecule has 2 nitrogen and oxygen atoms in total. The highest BCUT2D eigenvalue weighted by molar-refractivity contribution is 6.20. The largest absolute Gasteiger partial charge is 0.272 e. The van der Waals surface area contributed by atoms with Crippen LogP contribution < -0.4 is 0 Å². The van der Waals surface area contributed by atoms with Crippen LogP contribution in [0.3, 0.4) is 0 Å². The fourth-order valence-electron chi connectivity index (χ4n) is 2.56. The molecule has 0 bridgehead atoms. The Morgan fingerprint density at radius 1 is 1.53 bits per heavy atom. The third-order valence-corrected chi connectivity index (χ3v) is 3.71. The highest BCUT2D eigenvalue weighted by Gasteiger charge is 2.21.